The van der Waals surface area contributed by atoms with E-state index in [1.54, 1.807) is 0 Å². The lowest BCUT2D eigenvalue weighted by Gasteiger charge is -2.31. The molecular formula is C37H32Cl4O20S4. The van der Waals surface area contributed by atoms with Gasteiger partial charge in [-0.1, -0.05) is 0 Å². The van der Waals surface area contributed by atoms with Crippen LogP contribution in [0.1, 0.15) is 0 Å². The number of benzene rings is 4. The average Bonchev–Trinajstić information content (AvgIpc) is 3.25. The second kappa shape index (κ2) is 22.9. The highest BCUT2D eigenvalue weighted by atomic mass is 35.7. The van der Waals surface area contributed by atoms with E-state index in [0.29, 0.717) is 0 Å². The Kier molecular flexibility index (Phi) is 18.5. The third-order valence-electron chi connectivity index (χ3n) is 8.01. The van der Waals surface area contributed by atoms with E-state index in [-0.39, 0.29) is 42.6 Å². The fourth-order valence-electron chi connectivity index (χ4n) is 4.71. The normalized spacial score (nSPS) is 12.0. The standard InChI is InChI=1S/C37H32Cl4O20S4/c38-62(46,47)29-9-1-25(2-10-29)54-17-33(42)58-21-37(22-59-34(43)18-55-26-3-11-30(12-4-26)63(39,48)49,23-60-35(44)19-56-27-5-13-31(14-6-27)64(40,50)51)24-61-36(45)20-57-28-7-15-32(16-8-28)65(41,52)53/h1-16H,17-24H2. The molecule has 0 radical (unpaired) electrons. The smallest absolute Gasteiger partial charge is 0.344 e. The lowest BCUT2D eigenvalue weighted by Crippen LogP contribution is -2.45. The quantitative estimate of drug-likeness (QED) is 0.0541. The van der Waals surface area contributed by atoms with Gasteiger partial charge in [0.15, 0.2) is 26.4 Å². The summed E-state index contributed by atoms with van der Waals surface area (Å²) in [6.45, 7) is -6.38. The van der Waals surface area contributed by atoms with Crippen LogP contribution in [-0.2, 0) is 74.3 Å². The van der Waals surface area contributed by atoms with Gasteiger partial charge in [-0.25, -0.2) is 52.8 Å². The minimum atomic E-state index is -4.06. The van der Waals surface area contributed by atoms with Gasteiger partial charge in [-0.15, -0.1) is 0 Å². The van der Waals surface area contributed by atoms with Gasteiger partial charge < -0.3 is 37.9 Å². The molecule has 0 unspecified atom stereocenters. The number of ether oxygens (including phenoxy) is 8. The molecule has 0 saturated carbocycles. The van der Waals surface area contributed by atoms with E-state index in [0.717, 1.165) is 48.5 Å². The Morgan fingerprint density at radius 3 is 0.662 bits per heavy atom. The highest BCUT2D eigenvalue weighted by Gasteiger charge is 2.38. The Hall–Kier alpha value is -5.08. The van der Waals surface area contributed by atoms with Crippen LogP contribution < -0.4 is 18.9 Å². The Balaban J connectivity index is 1.52. The summed E-state index contributed by atoms with van der Waals surface area (Å²) in [5, 5.41) is 0. The predicted molar refractivity (Wildman–Crippen MR) is 226 cm³/mol. The molecule has 0 amide bonds. The highest BCUT2D eigenvalue weighted by Crippen LogP contribution is 2.25. The molecule has 0 N–H and O–H groups in total. The first-order chi connectivity index (χ1) is 30.3. The van der Waals surface area contributed by atoms with Crippen LogP contribution in [0.15, 0.2) is 117 Å². The Bertz CT molecular complexity index is 2380. The van der Waals surface area contributed by atoms with Crippen LogP contribution >= 0.6 is 42.7 Å². The fraction of sp³-hybridized carbons (Fsp3) is 0.243. The van der Waals surface area contributed by atoms with E-state index >= 15 is 0 Å². The number of hydrogen-bond donors (Lipinski definition) is 0. The van der Waals surface area contributed by atoms with Crippen molar-refractivity contribution < 1.29 is 90.7 Å². The third-order valence-corrected chi connectivity index (χ3v) is 13.5. The van der Waals surface area contributed by atoms with Crippen LogP contribution in [0.2, 0.25) is 0 Å². The number of esters is 4. The summed E-state index contributed by atoms with van der Waals surface area (Å²) in [7, 11) is 5.05. The van der Waals surface area contributed by atoms with Crippen molar-refractivity contribution in [1.82, 2.24) is 0 Å². The topological polar surface area (TPSA) is 279 Å². The SMILES string of the molecule is O=C(COc1ccc(S(=O)(=O)Cl)cc1)OCC(COC(=O)COc1ccc(S(=O)(=O)Cl)cc1)(COC(=O)COc1ccc(S(=O)(=O)Cl)cc1)COC(=O)COc1ccc(S(=O)(=O)Cl)cc1. The van der Waals surface area contributed by atoms with Crippen LogP contribution in [0.3, 0.4) is 0 Å². The zero-order chi connectivity index (χ0) is 48.1. The van der Waals surface area contributed by atoms with Crippen molar-refractivity contribution in [2.45, 2.75) is 19.6 Å². The predicted octanol–water partition coefficient (Wildman–Crippen LogP) is 4.17. The van der Waals surface area contributed by atoms with Crippen molar-refractivity contribution in [1.29, 1.82) is 0 Å². The van der Waals surface area contributed by atoms with Gasteiger partial charge in [0.2, 0.25) is 0 Å². The van der Waals surface area contributed by atoms with E-state index in [2.05, 4.69) is 0 Å². The first-order valence-electron chi connectivity index (χ1n) is 17.6. The van der Waals surface area contributed by atoms with Gasteiger partial charge in [0.25, 0.3) is 36.2 Å². The molecule has 0 spiro atoms. The van der Waals surface area contributed by atoms with E-state index in [1.165, 1.54) is 48.5 Å². The molecule has 20 nitrogen and oxygen atoms in total. The number of carbonyl (C=O) groups is 4. The summed E-state index contributed by atoms with van der Waals surface area (Å²) in [5.41, 5.74) is -1.92. The van der Waals surface area contributed by atoms with Crippen LogP contribution in [-0.4, -0.2) is 110 Å². The Morgan fingerprint density at radius 1 is 0.338 bits per heavy atom. The number of carbonyl (C=O) groups excluding carboxylic acids is 4. The first-order valence-corrected chi connectivity index (χ1v) is 26.9. The molecule has 65 heavy (non-hydrogen) atoms. The third kappa shape index (κ3) is 18.0. The molecule has 0 heterocycles. The molecule has 0 atom stereocenters. The van der Waals surface area contributed by atoms with Crippen molar-refractivity contribution in [2.75, 3.05) is 52.9 Å². The van der Waals surface area contributed by atoms with Gasteiger partial charge in [-0.05, 0) is 97.1 Å². The second-order valence-electron chi connectivity index (χ2n) is 12.9. The Labute approximate surface area is 389 Å². The van der Waals surface area contributed by atoms with Crippen molar-refractivity contribution in [2.24, 2.45) is 5.41 Å². The molecule has 0 aliphatic carbocycles. The van der Waals surface area contributed by atoms with E-state index in [4.69, 9.17) is 80.6 Å². The zero-order valence-corrected chi connectivity index (χ0v) is 39.0. The lowest BCUT2D eigenvalue weighted by molar-refractivity contribution is -0.173. The molecule has 0 saturated heterocycles. The summed E-state index contributed by atoms with van der Waals surface area (Å²) < 4.78 is 136. The van der Waals surface area contributed by atoms with Gasteiger partial charge in [0, 0.05) is 42.7 Å². The molecule has 4 aromatic rings. The summed E-state index contributed by atoms with van der Waals surface area (Å²) in [4.78, 5) is 50.8. The fourth-order valence-corrected chi connectivity index (χ4v) is 7.79. The maximum Gasteiger partial charge on any atom is 0.344 e. The molecule has 0 aromatic heterocycles. The van der Waals surface area contributed by atoms with Gasteiger partial charge in [-0.3, -0.25) is 0 Å². The van der Waals surface area contributed by atoms with Crippen molar-refractivity contribution in [3.8, 4) is 23.0 Å². The Morgan fingerprint density at radius 2 is 0.508 bits per heavy atom. The summed E-state index contributed by atoms with van der Waals surface area (Å²) in [6, 6.07) is 18.5. The highest BCUT2D eigenvalue weighted by molar-refractivity contribution is 8.14. The largest absolute Gasteiger partial charge is 0.482 e. The zero-order valence-electron chi connectivity index (χ0n) is 32.7. The lowest BCUT2D eigenvalue weighted by atomic mass is 9.92. The molecule has 0 aliphatic rings. The maximum atomic E-state index is 13.0. The van der Waals surface area contributed by atoms with Crippen LogP contribution in [0, 0.1) is 5.41 Å². The molecule has 4 rings (SSSR count). The monoisotopic (exact) mass is 1060 g/mol. The number of rotatable bonds is 24. The maximum absolute atomic E-state index is 13.0. The average molecular weight is 1070 g/mol. The summed E-state index contributed by atoms with van der Waals surface area (Å²) in [6.07, 6.45) is 0. The second-order valence-corrected chi connectivity index (χ2v) is 23.2. The minimum Gasteiger partial charge on any atom is -0.482 e. The van der Waals surface area contributed by atoms with Crippen molar-refractivity contribution in [3.05, 3.63) is 97.1 Å². The number of halogens is 4. The van der Waals surface area contributed by atoms with Gasteiger partial charge in [0.1, 0.15) is 54.8 Å². The molecule has 0 aliphatic heterocycles. The minimum absolute atomic E-state index is 0.0193. The van der Waals surface area contributed by atoms with Gasteiger partial charge >= 0.3 is 23.9 Å². The molecule has 28 heteroatoms. The van der Waals surface area contributed by atoms with Crippen molar-refractivity contribution >= 4 is 103 Å². The number of hydrogen-bond acceptors (Lipinski definition) is 20. The van der Waals surface area contributed by atoms with Crippen LogP contribution in [0.5, 0.6) is 23.0 Å². The van der Waals surface area contributed by atoms with E-state index < -0.39 is 118 Å². The molecular weight excluding hydrogens is 1030 g/mol. The van der Waals surface area contributed by atoms with Crippen molar-refractivity contribution in [3.63, 3.8) is 0 Å². The van der Waals surface area contributed by atoms with Crippen LogP contribution in [0.4, 0.5) is 0 Å². The van der Waals surface area contributed by atoms with Crippen LogP contribution in [0.25, 0.3) is 0 Å². The summed E-state index contributed by atoms with van der Waals surface area (Å²) in [5.74, 6) is -4.22. The molecule has 0 bridgehead atoms. The molecule has 4 aromatic carbocycles. The van der Waals surface area contributed by atoms with Gasteiger partial charge in [0.05, 0.1) is 19.6 Å². The molecule has 352 valence electrons. The summed E-state index contributed by atoms with van der Waals surface area (Å²) >= 11 is 0. The van der Waals surface area contributed by atoms with E-state index in [9.17, 15) is 52.8 Å². The van der Waals surface area contributed by atoms with E-state index in [1.807, 2.05) is 0 Å². The first kappa shape index (κ1) is 52.5. The van der Waals surface area contributed by atoms with Gasteiger partial charge in [-0.2, -0.15) is 0 Å². The molecule has 0 fully saturated rings.